The first kappa shape index (κ1) is 8.93. The van der Waals surface area contributed by atoms with Gasteiger partial charge in [0.25, 0.3) is 0 Å². The fourth-order valence-corrected chi connectivity index (χ4v) is 1.56. The van der Waals surface area contributed by atoms with Gasteiger partial charge in [0.15, 0.2) is 0 Å². The number of amides is 1. The normalized spacial score (nSPS) is 12.1. The smallest absolute Gasteiger partial charge is 0.217 e. The summed E-state index contributed by atoms with van der Waals surface area (Å²) in [6.07, 6.45) is 0.726. The monoisotopic (exact) mass is 183 g/mol. The van der Waals surface area contributed by atoms with Gasteiger partial charge in [-0.2, -0.15) is 11.3 Å². The van der Waals surface area contributed by atoms with E-state index in [0.29, 0.717) is 0 Å². The number of nitrogens with one attached hydrogen (secondary N) is 1. The Balaban J connectivity index is 2.69. The average Bonchev–Trinajstić information content (AvgIpc) is 2.51. The van der Waals surface area contributed by atoms with Crippen molar-refractivity contribution in [1.82, 2.24) is 5.32 Å². The molecule has 3 nitrogen and oxygen atoms in total. The lowest BCUT2D eigenvalue weighted by atomic mass is 10.2. The van der Waals surface area contributed by atoms with Gasteiger partial charge < -0.3 is 10.1 Å². The van der Waals surface area contributed by atoms with Crippen molar-refractivity contribution < 1.29 is 9.59 Å². The molecule has 0 spiro atoms. The zero-order valence-electron chi connectivity index (χ0n) is 6.61. The highest BCUT2D eigenvalue weighted by atomic mass is 32.1. The van der Waals surface area contributed by atoms with Crippen LogP contribution < -0.4 is 5.32 Å². The van der Waals surface area contributed by atoms with E-state index in [1.807, 2.05) is 16.8 Å². The molecular weight excluding hydrogens is 174 g/mol. The molecule has 0 aromatic carbocycles. The van der Waals surface area contributed by atoms with Crippen LogP contribution in [0, 0.1) is 0 Å². The number of aldehydes is 1. The molecule has 0 aliphatic carbocycles. The average molecular weight is 183 g/mol. The molecular formula is C8H9NO2S. The molecule has 1 aromatic rings. The molecule has 0 bridgehead atoms. The Morgan fingerprint density at radius 1 is 1.75 bits per heavy atom. The van der Waals surface area contributed by atoms with Gasteiger partial charge in [0.05, 0.1) is 0 Å². The van der Waals surface area contributed by atoms with E-state index in [4.69, 9.17) is 0 Å². The van der Waals surface area contributed by atoms with Crippen LogP contribution in [0.5, 0.6) is 0 Å². The van der Waals surface area contributed by atoms with Gasteiger partial charge in [-0.15, -0.1) is 0 Å². The molecule has 1 aromatic heterocycles. The van der Waals surface area contributed by atoms with Gasteiger partial charge in [-0.25, -0.2) is 0 Å². The first-order valence-electron chi connectivity index (χ1n) is 3.48. The molecule has 0 aliphatic rings. The summed E-state index contributed by atoms with van der Waals surface area (Å²) < 4.78 is 0. The van der Waals surface area contributed by atoms with Crippen LogP contribution in [0.25, 0.3) is 0 Å². The third-order valence-electron chi connectivity index (χ3n) is 1.40. The summed E-state index contributed by atoms with van der Waals surface area (Å²) >= 11 is 1.50. The summed E-state index contributed by atoms with van der Waals surface area (Å²) in [5.41, 5.74) is 0.838. The van der Waals surface area contributed by atoms with Crippen molar-refractivity contribution in [3.8, 4) is 0 Å². The highest BCUT2D eigenvalue weighted by molar-refractivity contribution is 7.08. The molecule has 0 fully saturated rings. The van der Waals surface area contributed by atoms with Crippen LogP contribution >= 0.6 is 11.3 Å². The predicted octanol–water partition coefficient (Wildman–Crippen LogP) is 1.12. The van der Waals surface area contributed by atoms with Crippen LogP contribution in [0.15, 0.2) is 16.8 Å². The highest BCUT2D eigenvalue weighted by Crippen LogP contribution is 2.13. The Morgan fingerprint density at radius 3 is 2.92 bits per heavy atom. The van der Waals surface area contributed by atoms with Crippen molar-refractivity contribution in [2.24, 2.45) is 0 Å². The number of thiophene rings is 1. The summed E-state index contributed by atoms with van der Waals surface area (Å²) in [6.45, 7) is 1.39. The quantitative estimate of drug-likeness (QED) is 0.714. The van der Waals surface area contributed by atoms with Gasteiger partial charge in [0, 0.05) is 6.92 Å². The maximum atomic E-state index is 10.6. The third-order valence-corrected chi connectivity index (χ3v) is 2.10. The van der Waals surface area contributed by atoms with E-state index in [-0.39, 0.29) is 5.91 Å². The van der Waals surface area contributed by atoms with Crippen molar-refractivity contribution in [1.29, 1.82) is 0 Å². The van der Waals surface area contributed by atoms with Gasteiger partial charge in [0.1, 0.15) is 12.3 Å². The standard InChI is InChI=1S/C8H9NO2S/c1-6(11)9-8(4-10)7-2-3-12-5-7/h2-5,8H,1H3,(H,9,11). The van der Waals surface area contributed by atoms with Crippen molar-refractivity contribution in [3.63, 3.8) is 0 Å². The molecule has 0 radical (unpaired) electrons. The van der Waals surface area contributed by atoms with E-state index in [2.05, 4.69) is 5.32 Å². The lowest BCUT2D eigenvalue weighted by Crippen LogP contribution is -2.26. The van der Waals surface area contributed by atoms with E-state index in [0.717, 1.165) is 11.8 Å². The highest BCUT2D eigenvalue weighted by Gasteiger charge is 2.10. The van der Waals surface area contributed by atoms with Crippen molar-refractivity contribution in [2.45, 2.75) is 13.0 Å². The van der Waals surface area contributed by atoms with Gasteiger partial charge >= 0.3 is 0 Å². The minimum atomic E-state index is -0.492. The van der Waals surface area contributed by atoms with Crippen LogP contribution in [0.3, 0.4) is 0 Å². The van der Waals surface area contributed by atoms with Crippen molar-refractivity contribution in [2.75, 3.05) is 0 Å². The van der Waals surface area contributed by atoms with Gasteiger partial charge in [0.2, 0.25) is 5.91 Å². The maximum Gasteiger partial charge on any atom is 0.217 e. The number of hydrogen-bond donors (Lipinski definition) is 1. The largest absolute Gasteiger partial charge is 0.343 e. The second-order valence-electron chi connectivity index (χ2n) is 2.37. The summed E-state index contributed by atoms with van der Waals surface area (Å²) in [5, 5.41) is 6.24. The van der Waals surface area contributed by atoms with E-state index >= 15 is 0 Å². The molecule has 0 saturated carbocycles. The number of carbonyl (C=O) groups is 2. The van der Waals surface area contributed by atoms with E-state index < -0.39 is 6.04 Å². The first-order chi connectivity index (χ1) is 5.74. The fraction of sp³-hybridized carbons (Fsp3) is 0.250. The molecule has 1 rings (SSSR count). The Labute approximate surface area is 74.4 Å². The first-order valence-corrected chi connectivity index (χ1v) is 4.43. The summed E-state index contributed by atoms with van der Waals surface area (Å²) in [4.78, 5) is 21.2. The minimum Gasteiger partial charge on any atom is -0.343 e. The van der Waals surface area contributed by atoms with Crippen molar-refractivity contribution >= 4 is 23.5 Å². The van der Waals surface area contributed by atoms with Crippen LogP contribution in [-0.2, 0) is 9.59 Å². The fourth-order valence-electron chi connectivity index (χ4n) is 0.867. The lowest BCUT2D eigenvalue weighted by molar-refractivity contribution is -0.122. The van der Waals surface area contributed by atoms with Crippen LogP contribution in [0.1, 0.15) is 18.5 Å². The van der Waals surface area contributed by atoms with Gasteiger partial charge in [-0.1, -0.05) is 0 Å². The SMILES string of the molecule is CC(=O)NC(C=O)c1ccsc1. The van der Waals surface area contributed by atoms with Crippen LogP contribution in [0.2, 0.25) is 0 Å². The number of hydrogen-bond acceptors (Lipinski definition) is 3. The zero-order valence-corrected chi connectivity index (χ0v) is 7.43. The predicted molar refractivity (Wildman–Crippen MR) is 46.9 cm³/mol. The van der Waals surface area contributed by atoms with Gasteiger partial charge in [-0.3, -0.25) is 4.79 Å². The minimum absolute atomic E-state index is 0.196. The van der Waals surface area contributed by atoms with Crippen LogP contribution in [-0.4, -0.2) is 12.2 Å². The molecule has 1 atom stereocenters. The Bertz CT molecular complexity index is 269. The topological polar surface area (TPSA) is 46.2 Å². The van der Waals surface area contributed by atoms with Gasteiger partial charge in [-0.05, 0) is 22.4 Å². The Kier molecular flexibility index (Phi) is 2.99. The Morgan fingerprint density at radius 2 is 2.50 bits per heavy atom. The molecule has 0 aliphatic heterocycles. The third kappa shape index (κ3) is 2.17. The van der Waals surface area contributed by atoms with E-state index in [1.165, 1.54) is 18.3 Å². The number of rotatable bonds is 3. The second kappa shape index (κ2) is 4.01. The second-order valence-corrected chi connectivity index (χ2v) is 3.15. The van der Waals surface area contributed by atoms with E-state index in [9.17, 15) is 9.59 Å². The zero-order chi connectivity index (χ0) is 8.97. The summed E-state index contributed by atoms with van der Waals surface area (Å²) in [5.74, 6) is -0.196. The summed E-state index contributed by atoms with van der Waals surface area (Å²) in [7, 11) is 0. The molecule has 1 heterocycles. The molecule has 1 amide bonds. The summed E-state index contributed by atoms with van der Waals surface area (Å²) in [6, 6.07) is 1.33. The Hall–Kier alpha value is -1.16. The molecule has 64 valence electrons. The molecule has 1 N–H and O–H groups in total. The van der Waals surface area contributed by atoms with Crippen molar-refractivity contribution in [3.05, 3.63) is 22.4 Å². The molecule has 0 saturated heterocycles. The molecule has 1 unspecified atom stereocenters. The molecule has 4 heteroatoms. The van der Waals surface area contributed by atoms with Crippen LogP contribution in [0.4, 0.5) is 0 Å². The maximum absolute atomic E-state index is 10.6. The lowest BCUT2D eigenvalue weighted by Gasteiger charge is -2.08. The molecule has 12 heavy (non-hydrogen) atoms. The van der Waals surface area contributed by atoms with E-state index in [1.54, 1.807) is 0 Å². The number of carbonyl (C=O) groups excluding carboxylic acids is 2.